The molecule has 2 saturated heterocycles. The van der Waals surface area contributed by atoms with E-state index in [1.165, 1.54) is 167 Å². The fourth-order valence-corrected chi connectivity index (χ4v) is 11.0. The van der Waals surface area contributed by atoms with E-state index in [1.807, 2.05) is 6.08 Å². The number of ether oxygens (including phenoxy) is 4. The second-order valence-electron chi connectivity index (χ2n) is 24.3. The predicted octanol–water partition coefficient (Wildman–Crippen LogP) is 14.0. The normalized spacial score (nSPS) is 23.9. The number of rotatable bonds is 56. The van der Waals surface area contributed by atoms with Gasteiger partial charge < -0.3 is 65.1 Å². The van der Waals surface area contributed by atoms with Crippen LogP contribution >= 0.6 is 0 Å². The number of unbranched alkanes of at least 4 members (excludes halogenated alkanes) is 31. The highest BCUT2D eigenvalue weighted by Gasteiger charge is 2.51. The van der Waals surface area contributed by atoms with E-state index in [1.54, 1.807) is 6.08 Å². The molecule has 12 atom stereocenters. The van der Waals surface area contributed by atoms with Crippen LogP contribution in [0.15, 0.2) is 85.1 Å². The third-order valence-corrected chi connectivity index (χ3v) is 16.6. The molecular formula is C72H127NO13. The zero-order valence-electron chi connectivity index (χ0n) is 54.0. The number of hydrogen-bond donors (Lipinski definition) is 9. The third-order valence-electron chi connectivity index (χ3n) is 16.6. The molecule has 86 heavy (non-hydrogen) atoms. The van der Waals surface area contributed by atoms with Gasteiger partial charge in [-0.25, -0.2) is 0 Å². The lowest BCUT2D eigenvalue weighted by Crippen LogP contribution is -2.65. The van der Waals surface area contributed by atoms with Crippen molar-refractivity contribution in [2.75, 3.05) is 19.8 Å². The van der Waals surface area contributed by atoms with E-state index in [-0.39, 0.29) is 18.9 Å². The molecule has 2 aliphatic rings. The van der Waals surface area contributed by atoms with Crippen LogP contribution in [0.4, 0.5) is 0 Å². The third kappa shape index (κ3) is 40.0. The van der Waals surface area contributed by atoms with Gasteiger partial charge in [-0.2, -0.15) is 0 Å². The van der Waals surface area contributed by atoms with Crippen molar-refractivity contribution in [2.24, 2.45) is 0 Å². The summed E-state index contributed by atoms with van der Waals surface area (Å²) in [4.78, 5) is 13.3. The Hall–Kier alpha value is -2.83. The highest BCUT2D eigenvalue weighted by atomic mass is 16.7. The average Bonchev–Trinajstić information content (AvgIpc) is 2.53. The Labute approximate surface area is 522 Å². The largest absolute Gasteiger partial charge is 0.394 e. The molecule has 1 amide bonds. The summed E-state index contributed by atoms with van der Waals surface area (Å²) in [7, 11) is 0. The zero-order valence-corrected chi connectivity index (χ0v) is 54.0. The number of nitrogens with one attached hydrogen (secondary N) is 1. The van der Waals surface area contributed by atoms with E-state index in [2.05, 4.69) is 92.1 Å². The molecule has 14 nitrogen and oxygen atoms in total. The van der Waals surface area contributed by atoms with Crippen LogP contribution < -0.4 is 5.32 Å². The van der Waals surface area contributed by atoms with Gasteiger partial charge in [-0.1, -0.05) is 272 Å². The van der Waals surface area contributed by atoms with Crippen LogP contribution in [0, 0.1) is 0 Å². The highest BCUT2D eigenvalue weighted by Crippen LogP contribution is 2.30. The van der Waals surface area contributed by atoms with Gasteiger partial charge in [-0.05, 0) is 77.0 Å². The molecule has 498 valence electrons. The van der Waals surface area contributed by atoms with Crippen molar-refractivity contribution in [3.05, 3.63) is 85.1 Å². The standard InChI is InChI=1S/C72H127NO13/c1-3-5-7-9-11-13-15-17-19-21-23-25-27-29-30-32-34-36-38-40-42-44-46-48-50-52-54-56-64(77)73-60(59-83-71-69(82)67(80)70(63(58-75)85-71)86-72-68(81)66(79)65(78)62(57-74)84-72)61(76)55-53-51-49-47-45-43-41-39-37-35-33-31-28-26-24-22-20-18-16-14-12-10-8-6-4-2/h5,7,11,13,17,19,23,25,29-30,45,47,53,55,60-63,65-72,74-76,78-82H,3-4,6,8-10,12,14-16,18,20-22,24,26-28,31-44,46,48-52,54,56-59H2,1-2H3,(H,73,77)/b7-5-,13-11-,19-17-,25-23-,30-29-,47-45+,55-53+. The van der Waals surface area contributed by atoms with Crippen LogP contribution in [-0.4, -0.2) is 140 Å². The first-order chi connectivity index (χ1) is 42.1. The summed E-state index contributed by atoms with van der Waals surface area (Å²) in [5, 5.41) is 87.4. The molecule has 2 fully saturated rings. The fourth-order valence-electron chi connectivity index (χ4n) is 11.0. The predicted molar refractivity (Wildman–Crippen MR) is 350 cm³/mol. The van der Waals surface area contributed by atoms with Gasteiger partial charge in [0, 0.05) is 6.42 Å². The van der Waals surface area contributed by atoms with Crippen LogP contribution in [-0.2, 0) is 23.7 Å². The minimum absolute atomic E-state index is 0.253. The molecule has 2 aliphatic heterocycles. The lowest BCUT2D eigenvalue weighted by molar-refractivity contribution is -0.359. The number of hydrogen-bond acceptors (Lipinski definition) is 13. The van der Waals surface area contributed by atoms with Crippen LogP contribution in [0.5, 0.6) is 0 Å². The molecule has 2 heterocycles. The molecule has 0 radical (unpaired) electrons. The van der Waals surface area contributed by atoms with E-state index in [0.717, 1.165) is 70.6 Å². The van der Waals surface area contributed by atoms with Gasteiger partial charge in [0.25, 0.3) is 0 Å². The van der Waals surface area contributed by atoms with Gasteiger partial charge in [0.1, 0.15) is 48.8 Å². The molecule has 0 aromatic heterocycles. The molecule has 0 spiro atoms. The number of aliphatic hydroxyl groups is 8. The van der Waals surface area contributed by atoms with Crippen molar-refractivity contribution in [3.8, 4) is 0 Å². The highest BCUT2D eigenvalue weighted by molar-refractivity contribution is 5.76. The molecule has 14 heteroatoms. The summed E-state index contributed by atoms with van der Waals surface area (Å²) in [6.07, 6.45) is 60.6. The minimum Gasteiger partial charge on any atom is -0.394 e. The molecule has 2 rings (SSSR count). The van der Waals surface area contributed by atoms with Gasteiger partial charge >= 0.3 is 0 Å². The number of aliphatic hydroxyl groups excluding tert-OH is 8. The van der Waals surface area contributed by atoms with Crippen LogP contribution in [0.3, 0.4) is 0 Å². The Morgan fingerprint density at radius 2 is 0.814 bits per heavy atom. The van der Waals surface area contributed by atoms with Crippen molar-refractivity contribution in [2.45, 2.75) is 344 Å². The Balaban J connectivity index is 1.71. The average molecular weight is 1210 g/mol. The Morgan fingerprint density at radius 1 is 0.430 bits per heavy atom. The van der Waals surface area contributed by atoms with E-state index < -0.39 is 86.8 Å². The first-order valence-electron chi connectivity index (χ1n) is 34.8. The summed E-state index contributed by atoms with van der Waals surface area (Å²) in [6, 6.07) is -0.939. The summed E-state index contributed by atoms with van der Waals surface area (Å²) >= 11 is 0. The number of allylic oxidation sites excluding steroid dienone is 13. The lowest BCUT2D eigenvalue weighted by Gasteiger charge is -2.46. The maximum absolute atomic E-state index is 13.3. The molecule has 9 N–H and O–H groups in total. The van der Waals surface area contributed by atoms with Crippen molar-refractivity contribution >= 4 is 5.91 Å². The second-order valence-corrected chi connectivity index (χ2v) is 24.3. The number of amides is 1. The van der Waals surface area contributed by atoms with Crippen LogP contribution in [0.2, 0.25) is 0 Å². The molecular weight excluding hydrogens is 1090 g/mol. The molecule has 0 aromatic carbocycles. The van der Waals surface area contributed by atoms with Crippen LogP contribution in [0.25, 0.3) is 0 Å². The Kier molecular flexibility index (Phi) is 51.8. The molecule has 0 aromatic rings. The van der Waals surface area contributed by atoms with E-state index >= 15 is 0 Å². The van der Waals surface area contributed by atoms with Crippen molar-refractivity contribution in [1.82, 2.24) is 5.32 Å². The summed E-state index contributed by atoms with van der Waals surface area (Å²) in [6.45, 7) is 2.69. The minimum atomic E-state index is -1.80. The molecule has 0 bridgehead atoms. The molecule has 0 aliphatic carbocycles. The van der Waals surface area contributed by atoms with Gasteiger partial charge in [-0.3, -0.25) is 4.79 Å². The van der Waals surface area contributed by atoms with Gasteiger partial charge in [-0.15, -0.1) is 0 Å². The van der Waals surface area contributed by atoms with E-state index in [9.17, 15) is 45.6 Å². The van der Waals surface area contributed by atoms with E-state index in [0.29, 0.717) is 12.8 Å². The maximum Gasteiger partial charge on any atom is 0.220 e. The smallest absolute Gasteiger partial charge is 0.220 e. The first kappa shape index (κ1) is 79.3. The van der Waals surface area contributed by atoms with Crippen LogP contribution in [0.1, 0.15) is 271 Å². The lowest BCUT2D eigenvalue weighted by atomic mass is 9.97. The Bertz CT molecular complexity index is 1770. The van der Waals surface area contributed by atoms with Gasteiger partial charge in [0.15, 0.2) is 12.6 Å². The zero-order chi connectivity index (χ0) is 62.3. The quantitative estimate of drug-likeness (QED) is 0.0204. The molecule has 0 saturated carbocycles. The van der Waals surface area contributed by atoms with Crippen molar-refractivity contribution in [1.29, 1.82) is 0 Å². The first-order valence-corrected chi connectivity index (χ1v) is 34.8. The SMILES string of the molecule is CC/C=C\C/C=C\C/C=C\C/C=C\C/C=C\CCCCCCCCCCCCCC(=O)NC(COC1OC(CO)C(OC2OC(CO)C(O)C(O)C2O)C(O)C1O)C(O)/C=C/CC/C=C/CCCCCCCCCCCCCCCCCCCCC. The van der Waals surface area contributed by atoms with Crippen molar-refractivity contribution in [3.63, 3.8) is 0 Å². The monoisotopic (exact) mass is 1210 g/mol. The second kappa shape index (κ2) is 56.2. The maximum atomic E-state index is 13.3. The van der Waals surface area contributed by atoms with Crippen molar-refractivity contribution < 1.29 is 64.6 Å². The fraction of sp³-hybridized carbons (Fsp3) is 0.792. The Morgan fingerprint density at radius 3 is 1.28 bits per heavy atom. The van der Waals surface area contributed by atoms with Gasteiger partial charge in [0.2, 0.25) is 5.91 Å². The summed E-state index contributed by atoms with van der Waals surface area (Å²) in [5.41, 5.74) is 0. The number of carbonyl (C=O) groups is 1. The number of carbonyl (C=O) groups excluding carboxylic acids is 1. The van der Waals surface area contributed by atoms with Gasteiger partial charge in [0.05, 0.1) is 32.0 Å². The molecule has 12 unspecified atom stereocenters. The van der Waals surface area contributed by atoms with E-state index in [4.69, 9.17) is 18.9 Å². The summed E-state index contributed by atoms with van der Waals surface area (Å²) < 4.78 is 22.8. The topological polar surface area (TPSA) is 228 Å². The summed E-state index contributed by atoms with van der Waals surface area (Å²) in [5.74, 6) is -0.253.